The van der Waals surface area contributed by atoms with Crippen LogP contribution >= 0.6 is 0 Å². The molecule has 0 unspecified atom stereocenters. The molecule has 0 saturated heterocycles. The van der Waals surface area contributed by atoms with Gasteiger partial charge in [-0.15, -0.1) is 0 Å². The van der Waals surface area contributed by atoms with Crippen molar-refractivity contribution in [3.8, 4) is 0 Å². The van der Waals surface area contributed by atoms with Crippen LogP contribution in [0.2, 0.25) is 0 Å². The van der Waals surface area contributed by atoms with Crippen molar-refractivity contribution in [3.63, 3.8) is 0 Å². The molecule has 0 radical (unpaired) electrons. The molecule has 0 atom stereocenters. The van der Waals surface area contributed by atoms with E-state index in [-0.39, 0.29) is 5.78 Å². The zero-order chi connectivity index (χ0) is 16.3. The Morgan fingerprint density at radius 2 is 1.13 bits per heavy atom. The molecule has 0 N–H and O–H groups in total. The lowest BCUT2D eigenvalue weighted by atomic mass is 10.1. The molecule has 2 nitrogen and oxygen atoms in total. The van der Waals surface area contributed by atoms with Crippen LogP contribution in [0.15, 0.2) is 99.6 Å². The molecule has 3 aromatic rings. The van der Waals surface area contributed by atoms with Crippen LogP contribution in [0.5, 0.6) is 0 Å². The summed E-state index contributed by atoms with van der Waals surface area (Å²) in [5.41, 5.74) is 0.505. The minimum Gasteiger partial charge on any atom is -0.294 e. The molecule has 0 aliphatic heterocycles. The first-order chi connectivity index (χ1) is 11.1. The van der Waals surface area contributed by atoms with Crippen molar-refractivity contribution in [1.82, 2.24) is 0 Å². The highest BCUT2D eigenvalue weighted by Crippen LogP contribution is 2.38. The van der Waals surface area contributed by atoms with Crippen LogP contribution in [0.25, 0.3) is 0 Å². The van der Waals surface area contributed by atoms with E-state index < -0.39 is 9.93 Å². The predicted molar refractivity (Wildman–Crippen MR) is 92.2 cm³/mol. The maximum Gasteiger partial charge on any atom is 0.182 e. The highest BCUT2D eigenvalue weighted by Gasteiger charge is 2.40. The van der Waals surface area contributed by atoms with E-state index in [0.717, 1.165) is 0 Å². The van der Waals surface area contributed by atoms with Crippen molar-refractivity contribution in [2.24, 2.45) is 0 Å². The highest BCUT2D eigenvalue weighted by molar-refractivity contribution is 8.03. The summed E-state index contributed by atoms with van der Waals surface area (Å²) in [5.74, 6) is -0.0832. The standard InChI is InChI=1S/C20H17O2S/c1-16(21)19-14-8-9-15-20(19)23(22,17-10-4-2-5-11-17)18-12-6-3-7-13-18/h2-15H,1H3/q+1. The van der Waals surface area contributed by atoms with Gasteiger partial charge in [-0.2, -0.15) is 0 Å². The molecule has 0 saturated carbocycles. The average molecular weight is 321 g/mol. The second-order valence-electron chi connectivity index (χ2n) is 5.23. The van der Waals surface area contributed by atoms with E-state index in [4.69, 9.17) is 0 Å². The minimum atomic E-state index is -2.72. The summed E-state index contributed by atoms with van der Waals surface area (Å²) < 4.78 is 14.2. The van der Waals surface area contributed by atoms with Gasteiger partial charge in [0.15, 0.2) is 30.4 Å². The lowest BCUT2D eigenvalue weighted by molar-refractivity contribution is 0.101. The molecule has 3 heteroatoms. The van der Waals surface area contributed by atoms with Crippen LogP contribution in [-0.4, -0.2) is 5.78 Å². The third kappa shape index (κ3) is 2.76. The molecule has 0 aromatic heterocycles. The molecule has 0 bridgehead atoms. The Balaban J connectivity index is 2.35. The first-order valence-corrected chi connectivity index (χ1v) is 8.94. The second-order valence-corrected chi connectivity index (χ2v) is 7.73. The zero-order valence-electron chi connectivity index (χ0n) is 12.8. The van der Waals surface area contributed by atoms with Gasteiger partial charge in [0.1, 0.15) is 0 Å². The van der Waals surface area contributed by atoms with E-state index in [1.54, 1.807) is 18.2 Å². The maximum atomic E-state index is 14.2. The smallest absolute Gasteiger partial charge is 0.182 e. The summed E-state index contributed by atoms with van der Waals surface area (Å²) in [5, 5.41) is 0. The Hall–Kier alpha value is -2.52. The number of rotatable bonds is 4. The molecular weight excluding hydrogens is 304 g/mol. The lowest BCUT2D eigenvalue weighted by Gasteiger charge is -2.14. The summed E-state index contributed by atoms with van der Waals surface area (Å²) >= 11 is 0. The lowest BCUT2D eigenvalue weighted by Crippen LogP contribution is -2.16. The highest BCUT2D eigenvalue weighted by atomic mass is 32.2. The van der Waals surface area contributed by atoms with Gasteiger partial charge in [0.2, 0.25) is 0 Å². The van der Waals surface area contributed by atoms with Crippen LogP contribution in [0.1, 0.15) is 17.3 Å². The SMILES string of the molecule is CC(=O)c1ccccc1[S+](=O)(c1ccccc1)c1ccccc1. The average Bonchev–Trinajstić information content (AvgIpc) is 2.62. The predicted octanol–water partition coefficient (Wildman–Crippen LogP) is 4.87. The van der Waals surface area contributed by atoms with Crippen LogP contribution in [-0.2, 0) is 14.1 Å². The Morgan fingerprint density at radius 3 is 1.61 bits per heavy atom. The Morgan fingerprint density at radius 1 is 0.696 bits per heavy atom. The van der Waals surface area contributed by atoms with Gasteiger partial charge in [0.25, 0.3) is 0 Å². The van der Waals surface area contributed by atoms with Gasteiger partial charge in [0.05, 0.1) is 5.56 Å². The van der Waals surface area contributed by atoms with E-state index in [1.807, 2.05) is 66.7 Å². The van der Waals surface area contributed by atoms with Gasteiger partial charge < -0.3 is 0 Å². The van der Waals surface area contributed by atoms with Crippen molar-refractivity contribution in [1.29, 1.82) is 0 Å². The third-order valence-electron chi connectivity index (χ3n) is 3.73. The summed E-state index contributed by atoms with van der Waals surface area (Å²) in [6, 6.07) is 25.8. The van der Waals surface area contributed by atoms with E-state index in [0.29, 0.717) is 20.2 Å². The van der Waals surface area contributed by atoms with Crippen molar-refractivity contribution >= 4 is 15.7 Å². The number of benzene rings is 3. The first kappa shape index (κ1) is 15.4. The molecular formula is C20H17O2S+. The monoisotopic (exact) mass is 321 g/mol. The van der Waals surface area contributed by atoms with E-state index in [1.165, 1.54) is 6.92 Å². The number of carbonyl (C=O) groups excluding carboxylic acids is 1. The molecule has 0 aliphatic carbocycles. The fourth-order valence-electron chi connectivity index (χ4n) is 2.62. The van der Waals surface area contributed by atoms with Crippen LogP contribution in [0.3, 0.4) is 0 Å². The third-order valence-corrected chi connectivity index (χ3v) is 6.57. The minimum absolute atomic E-state index is 0.0832. The van der Waals surface area contributed by atoms with Gasteiger partial charge in [-0.1, -0.05) is 52.7 Å². The normalized spacial score (nSPS) is 11.2. The van der Waals surface area contributed by atoms with Crippen molar-refractivity contribution in [3.05, 3.63) is 90.5 Å². The van der Waals surface area contributed by atoms with E-state index in [2.05, 4.69) is 0 Å². The van der Waals surface area contributed by atoms with Crippen LogP contribution < -0.4 is 0 Å². The summed E-state index contributed by atoms with van der Waals surface area (Å²) in [4.78, 5) is 14.0. The maximum absolute atomic E-state index is 14.2. The topological polar surface area (TPSA) is 34.1 Å². The number of Topliss-reactive ketones (excluding diaryl/α,β-unsaturated/α-hetero) is 1. The van der Waals surface area contributed by atoms with Crippen molar-refractivity contribution in [2.75, 3.05) is 0 Å². The van der Waals surface area contributed by atoms with Gasteiger partial charge >= 0.3 is 0 Å². The van der Waals surface area contributed by atoms with Crippen molar-refractivity contribution < 1.29 is 9.00 Å². The van der Waals surface area contributed by atoms with Gasteiger partial charge in [-0.05, 0) is 43.3 Å². The van der Waals surface area contributed by atoms with E-state index in [9.17, 15) is 9.00 Å². The quantitative estimate of drug-likeness (QED) is 0.508. The molecule has 0 amide bonds. The Kier molecular flexibility index (Phi) is 4.22. The Labute approximate surface area is 137 Å². The largest absolute Gasteiger partial charge is 0.294 e. The molecule has 3 rings (SSSR count). The van der Waals surface area contributed by atoms with Gasteiger partial charge in [0, 0.05) is 0 Å². The molecule has 0 heterocycles. The molecule has 23 heavy (non-hydrogen) atoms. The van der Waals surface area contributed by atoms with E-state index >= 15 is 0 Å². The number of hydrogen-bond acceptors (Lipinski definition) is 2. The fraction of sp³-hybridized carbons (Fsp3) is 0.0500. The summed E-state index contributed by atoms with van der Waals surface area (Å²) in [6.45, 7) is 1.51. The molecule has 3 aromatic carbocycles. The van der Waals surface area contributed by atoms with Gasteiger partial charge in [-0.3, -0.25) is 4.79 Å². The number of carbonyl (C=O) groups is 1. The molecule has 0 spiro atoms. The van der Waals surface area contributed by atoms with Crippen LogP contribution in [0.4, 0.5) is 0 Å². The van der Waals surface area contributed by atoms with Crippen molar-refractivity contribution in [2.45, 2.75) is 21.6 Å². The molecule has 0 fully saturated rings. The van der Waals surface area contributed by atoms with Crippen LogP contribution in [0, 0.1) is 0 Å². The second kappa shape index (κ2) is 6.31. The fourth-order valence-corrected chi connectivity index (χ4v) is 5.27. The summed E-state index contributed by atoms with van der Waals surface area (Å²) in [6.07, 6.45) is 0. The molecule has 0 aliphatic rings. The zero-order valence-corrected chi connectivity index (χ0v) is 13.6. The van der Waals surface area contributed by atoms with Gasteiger partial charge in [-0.25, -0.2) is 0 Å². The molecule has 114 valence electrons. The summed E-state index contributed by atoms with van der Waals surface area (Å²) in [7, 11) is -2.72. The number of ketones is 1. The Bertz CT molecular complexity index is 827. The number of hydrogen-bond donors (Lipinski definition) is 0. The first-order valence-electron chi connectivity index (χ1n) is 7.38.